The minimum absolute atomic E-state index is 0.145. The summed E-state index contributed by atoms with van der Waals surface area (Å²) in [6.45, 7) is 9.08. The summed E-state index contributed by atoms with van der Waals surface area (Å²) in [6, 6.07) is 8.19. The van der Waals surface area contributed by atoms with Crippen LogP contribution in [0.3, 0.4) is 0 Å². The van der Waals surface area contributed by atoms with Crippen LogP contribution in [0.5, 0.6) is 5.75 Å². The number of nitrogens with one attached hydrogen (secondary N) is 1. The van der Waals surface area contributed by atoms with Gasteiger partial charge in [0.1, 0.15) is 5.75 Å². The number of hydrogen-bond donors (Lipinski definition) is 2. The molecule has 1 atom stereocenters. The summed E-state index contributed by atoms with van der Waals surface area (Å²) >= 11 is 0. The van der Waals surface area contributed by atoms with Crippen LogP contribution in [-0.2, 0) is 0 Å². The van der Waals surface area contributed by atoms with Crippen molar-refractivity contribution in [3.63, 3.8) is 0 Å². The zero-order chi connectivity index (χ0) is 14.1. The fourth-order valence-electron chi connectivity index (χ4n) is 2.21. The molecule has 0 aliphatic rings. The smallest absolute Gasteiger partial charge is 0.123 e. The molecule has 1 rings (SSSR count). The van der Waals surface area contributed by atoms with E-state index in [9.17, 15) is 0 Å². The summed E-state index contributed by atoms with van der Waals surface area (Å²) in [5.41, 5.74) is 7.01. The second kappa shape index (κ2) is 8.91. The van der Waals surface area contributed by atoms with Crippen molar-refractivity contribution in [3.8, 4) is 5.75 Å². The van der Waals surface area contributed by atoms with Crippen molar-refractivity contribution in [1.29, 1.82) is 0 Å². The van der Waals surface area contributed by atoms with Crippen LogP contribution in [0.25, 0.3) is 0 Å². The van der Waals surface area contributed by atoms with E-state index in [0.717, 1.165) is 37.5 Å². The van der Waals surface area contributed by atoms with Gasteiger partial charge < -0.3 is 20.7 Å². The number of benzene rings is 1. The summed E-state index contributed by atoms with van der Waals surface area (Å²) in [5, 5.41) is 3.51. The molecule has 0 heterocycles. The van der Waals surface area contributed by atoms with Gasteiger partial charge in [-0.25, -0.2) is 0 Å². The van der Waals surface area contributed by atoms with Gasteiger partial charge in [-0.3, -0.25) is 0 Å². The molecule has 0 aliphatic heterocycles. The summed E-state index contributed by atoms with van der Waals surface area (Å²) in [5.74, 6) is 0.897. The molecule has 1 unspecified atom stereocenters. The highest BCUT2D eigenvalue weighted by Crippen LogP contribution is 2.23. The lowest BCUT2D eigenvalue weighted by Gasteiger charge is -2.23. The van der Waals surface area contributed by atoms with Crippen molar-refractivity contribution in [2.45, 2.75) is 19.9 Å². The molecule has 19 heavy (non-hydrogen) atoms. The molecule has 0 aromatic heterocycles. The molecule has 0 fully saturated rings. The fourth-order valence-corrected chi connectivity index (χ4v) is 2.21. The number of nitrogens with two attached hydrogens (primary N) is 1. The van der Waals surface area contributed by atoms with Crippen LogP contribution < -0.4 is 15.8 Å². The topological polar surface area (TPSA) is 50.5 Å². The van der Waals surface area contributed by atoms with Crippen molar-refractivity contribution in [2.24, 2.45) is 5.73 Å². The van der Waals surface area contributed by atoms with Gasteiger partial charge in [0, 0.05) is 31.2 Å². The predicted octanol–water partition coefficient (Wildman–Crippen LogP) is 1.63. The molecule has 108 valence electrons. The number of methoxy groups -OCH3 is 1. The molecule has 0 radical (unpaired) electrons. The molecule has 0 bridgehead atoms. The van der Waals surface area contributed by atoms with Gasteiger partial charge in [-0.2, -0.15) is 0 Å². The van der Waals surface area contributed by atoms with E-state index in [4.69, 9.17) is 10.5 Å². The Kier molecular flexibility index (Phi) is 7.48. The third-order valence-corrected chi connectivity index (χ3v) is 3.46. The minimum atomic E-state index is 0.145. The van der Waals surface area contributed by atoms with E-state index in [2.05, 4.69) is 30.1 Å². The summed E-state index contributed by atoms with van der Waals surface area (Å²) in [6.07, 6.45) is 0. The molecule has 0 saturated heterocycles. The van der Waals surface area contributed by atoms with Crippen LogP contribution in [0.2, 0.25) is 0 Å². The SMILES string of the molecule is CCN(CC)CCNC(CN)c1ccccc1OC. The largest absolute Gasteiger partial charge is 0.496 e. The predicted molar refractivity (Wildman–Crippen MR) is 80.6 cm³/mol. The van der Waals surface area contributed by atoms with Gasteiger partial charge in [-0.1, -0.05) is 32.0 Å². The van der Waals surface area contributed by atoms with E-state index in [1.807, 2.05) is 18.2 Å². The Morgan fingerprint density at radius 2 is 1.95 bits per heavy atom. The Morgan fingerprint density at radius 3 is 2.53 bits per heavy atom. The average Bonchev–Trinajstić information content (AvgIpc) is 2.48. The maximum absolute atomic E-state index is 5.88. The van der Waals surface area contributed by atoms with Gasteiger partial charge in [0.2, 0.25) is 0 Å². The first-order valence-corrected chi connectivity index (χ1v) is 7.05. The van der Waals surface area contributed by atoms with E-state index in [1.165, 1.54) is 0 Å². The molecule has 1 aromatic rings. The Labute approximate surface area is 116 Å². The first-order chi connectivity index (χ1) is 9.26. The van der Waals surface area contributed by atoms with Gasteiger partial charge >= 0.3 is 0 Å². The Hall–Kier alpha value is -1.10. The highest BCUT2D eigenvalue weighted by molar-refractivity contribution is 5.36. The monoisotopic (exact) mass is 265 g/mol. The Morgan fingerprint density at radius 1 is 1.26 bits per heavy atom. The third-order valence-electron chi connectivity index (χ3n) is 3.46. The molecular weight excluding hydrogens is 238 g/mol. The molecule has 0 aliphatic carbocycles. The number of para-hydroxylation sites is 1. The van der Waals surface area contributed by atoms with Crippen molar-refractivity contribution in [1.82, 2.24) is 10.2 Å². The first-order valence-electron chi connectivity index (χ1n) is 7.05. The number of nitrogens with zero attached hydrogens (tertiary/aromatic N) is 1. The maximum Gasteiger partial charge on any atom is 0.123 e. The first kappa shape index (κ1) is 16.0. The van der Waals surface area contributed by atoms with Crippen LogP contribution in [-0.4, -0.2) is 44.7 Å². The Balaban J connectivity index is 2.58. The summed E-state index contributed by atoms with van der Waals surface area (Å²) in [7, 11) is 1.70. The standard InChI is InChI=1S/C15H27N3O/c1-4-18(5-2)11-10-17-14(12-16)13-8-6-7-9-15(13)19-3/h6-9,14,17H,4-5,10-12,16H2,1-3H3. The lowest BCUT2D eigenvalue weighted by atomic mass is 10.1. The lowest BCUT2D eigenvalue weighted by Crippen LogP contribution is -2.36. The van der Waals surface area contributed by atoms with Gasteiger partial charge in [0.25, 0.3) is 0 Å². The summed E-state index contributed by atoms with van der Waals surface area (Å²) in [4.78, 5) is 2.39. The fraction of sp³-hybridized carbons (Fsp3) is 0.600. The second-order valence-electron chi connectivity index (χ2n) is 4.51. The average molecular weight is 265 g/mol. The molecule has 1 aromatic carbocycles. The molecule has 4 nitrogen and oxygen atoms in total. The molecule has 0 spiro atoms. The van der Waals surface area contributed by atoms with Crippen molar-refractivity contribution >= 4 is 0 Å². The number of likely N-dealkylation sites (N-methyl/N-ethyl adjacent to an activating group) is 1. The highest BCUT2D eigenvalue weighted by atomic mass is 16.5. The van der Waals surface area contributed by atoms with E-state index in [-0.39, 0.29) is 6.04 Å². The molecule has 4 heteroatoms. The van der Waals surface area contributed by atoms with Crippen LogP contribution in [0, 0.1) is 0 Å². The van der Waals surface area contributed by atoms with Crippen molar-refractivity contribution in [3.05, 3.63) is 29.8 Å². The second-order valence-corrected chi connectivity index (χ2v) is 4.51. The van der Waals surface area contributed by atoms with Gasteiger partial charge in [-0.05, 0) is 19.2 Å². The molecule has 0 saturated carbocycles. The molecular formula is C15H27N3O. The van der Waals surface area contributed by atoms with E-state index < -0.39 is 0 Å². The zero-order valence-electron chi connectivity index (χ0n) is 12.4. The van der Waals surface area contributed by atoms with Crippen LogP contribution in [0.15, 0.2) is 24.3 Å². The number of ether oxygens (including phenoxy) is 1. The van der Waals surface area contributed by atoms with E-state index in [1.54, 1.807) is 7.11 Å². The van der Waals surface area contributed by atoms with E-state index >= 15 is 0 Å². The van der Waals surface area contributed by atoms with Crippen molar-refractivity contribution < 1.29 is 4.74 Å². The minimum Gasteiger partial charge on any atom is -0.496 e. The van der Waals surface area contributed by atoms with Crippen LogP contribution >= 0.6 is 0 Å². The number of rotatable bonds is 9. The van der Waals surface area contributed by atoms with Gasteiger partial charge in [0.05, 0.1) is 7.11 Å². The van der Waals surface area contributed by atoms with Crippen molar-refractivity contribution in [2.75, 3.05) is 39.8 Å². The zero-order valence-corrected chi connectivity index (χ0v) is 12.4. The maximum atomic E-state index is 5.88. The number of hydrogen-bond acceptors (Lipinski definition) is 4. The van der Waals surface area contributed by atoms with Gasteiger partial charge in [0.15, 0.2) is 0 Å². The van der Waals surface area contributed by atoms with Crippen LogP contribution in [0.1, 0.15) is 25.5 Å². The quantitative estimate of drug-likeness (QED) is 0.712. The third kappa shape index (κ3) is 4.82. The molecule has 0 amide bonds. The highest BCUT2D eigenvalue weighted by Gasteiger charge is 2.13. The lowest BCUT2D eigenvalue weighted by molar-refractivity contribution is 0.296. The summed E-state index contributed by atoms with van der Waals surface area (Å²) < 4.78 is 5.39. The molecule has 3 N–H and O–H groups in total. The Bertz CT molecular complexity index is 353. The van der Waals surface area contributed by atoms with E-state index in [0.29, 0.717) is 6.54 Å². The van der Waals surface area contributed by atoms with Gasteiger partial charge in [-0.15, -0.1) is 0 Å². The normalized spacial score (nSPS) is 12.7. The van der Waals surface area contributed by atoms with Crippen LogP contribution in [0.4, 0.5) is 0 Å².